The summed E-state index contributed by atoms with van der Waals surface area (Å²) in [4.78, 5) is 10.4. The van der Waals surface area contributed by atoms with Gasteiger partial charge in [0.1, 0.15) is 5.82 Å². The Kier molecular flexibility index (Phi) is 6.48. The van der Waals surface area contributed by atoms with E-state index in [4.69, 9.17) is 9.97 Å². The molecule has 248 valence electrons. The van der Waals surface area contributed by atoms with Crippen molar-refractivity contribution in [2.75, 3.05) is 0 Å². The second-order valence-corrected chi connectivity index (χ2v) is 13.5. The number of nitrogens with zero attached hydrogens (tertiary/aromatic N) is 5. The van der Waals surface area contributed by atoms with Crippen LogP contribution in [0.4, 0.5) is 0 Å². The third-order valence-corrected chi connectivity index (χ3v) is 10.5. The van der Waals surface area contributed by atoms with Gasteiger partial charge in [-0.2, -0.15) is 4.98 Å². The van der Waals surface area contributed by atoms with E-state index >= 15 is 0 Å². The van der Waals surface area contributed by atoms with Gasteiger partial charge in [0.15, 0.2) is 0 Å². The van der Waals surface area contributed by atoms with Crippen LogP contribution >= 0.6 is 0 Å². The van der Waals surface area contributed by atoms with Crippen LogP contribution in [-0.4, -0.2) is 23.5 Å². The van der Waals surface area contributed by atoms with Crippen molar-refractivity contribution in [3.05, 3.63) is 188 Å². The number of rotatable bonds is 5. The average Bonchev–Trinajstić information content (AvgIpc) is 3.89. The number of para-hydroxylation sites is 3. The monoisotopic (exact) mass is 677 g/mol. The van der Waals surface area contributed by atoms with E-state index in [1.54, 1.807) is 0 Å². The molecular weight excluding hydrogens is 647 g/mol. The summed E-state index contributed by atoms with van der Waals surface area (Å²) in [6.45, 7) is 0. The summed E-state index contributed by atoms with van der Waals surface area (Å²) in [5, 5.41) is 4.86. The second kappa shape index (κ2) is 11.7. The first kappa shape index (κ1) is 29.5. The summed E-state index contributed by atoms with van der Waals surface area (Å²) in [5.41, 5.74) is 12.2. The molecule has 7 aromatic carbocycles. The number of imidazole rings is 1. The van der Waals surface area contributed by atoms with E-state index in [0.717, 1.165) is 45.1 Å². The lowest BCUT2D eigenvalue weighted by molar-refractivity contribution is 1.03. The number of hydrogen-bond donors (Lipinski definition) is 0. The zero-order valence-electron chi connectivity index (χ0n) is 28.6. The minimum absolute atomic E-state index is 0.658. The molecule has 0 aliphatic heterocycles. The van der Waals surface area contributed by atoms with Crippen LogP contribution in [0.15, 0.2) is 188 Å². The second-order valence-electron chi connectivity index (χ2n) is 13.5. The van der Waals surface area contributed by atoms with Crippen molar-refractivity contribution in [2.24, 2.45) is 0 Å². The SMILES string of the molecule is c1ccc(-c2nc3nc(-n4c5ccccc5c5cc(-c6ccc7c(c6)c6ccccc6n7-c6ccccc6)ccc54)ccn3c2-c2ccccc2)cc1. The van der Waals surface area contributed by atoms with Crippen LogP contribution in [0, 0.1) is 0 Å². The largest absolute Gasteiger partial charge is 0.309 e. The highest BCUT2D eigenvalue weighted by Crippen LogP contribution is 2.39. The summed E-state index contributed by atoms with van der Waals surface area (Å²) in [5.74, 6) is 1.49. The maximum absolute atomic E-state index is 5.23. The van der Waals surface area contributed by atoms with Crippen molar-refractivity contribution in [1.29, 1.82) is 0 Å². The van der Waals surface area contributed by atoms with E-state index in [-0.39, 0.29) is 0 Å². The molecule has 0 unspecified atom stereocenters. The molecule has 0 aliphatic carbocycles. The molecule has 0 radical (unpaired) electrons. The minimum Gasteiger partial charge on any atom is -0.309 e. The predicted molar refractivity (Wildman–Crippen MR) is 218 cm³/mol. The standard InChI is InChI=1S/C48H31N5/c1-4-14-32(15-5-1)46-47(33-16-6-2-7-17-33)51-29-28-45(49-48(51)50-46)53-42-23-13-11-21-38(42)40-31-35(25-27-44(40)53)34-24-26-43-39(30-34)37-20-10-12-22-41(37)52(43)36-18-8-3-9-19-36/h1-31H. The Balaban J connectivity index is 1.08. The van der Waals surface area contributed by atoms with E-state index in [2.05, 4.69) is 190 Å². The van der Waals surface area contributed by atoms with Crippen LogP contribution in [0.2, 0.25) is 0 Å². The van der Waals surface area contributed by atoms with Crippen LogP contribution in [0.1, 0.15) is 0 Å². The maximum atomic E-state index is 5.23. The minimum atomic E-state index is 0.658. The van der Waals surface area contributed by atoms with E-state index in [0.29, 0.717) is 5.78 Å². The lowest BCUT2D eigenvalue weighted by Crippen LogP contribution is -2.00. The molecule has 0 spiro atoms. The smallest absolute Gasteiger partial charge is 0.236 e. The summed E-state index contributed by atoms with van der Waals surface area (Å²) in [6.07, 6.45) is 2.11. The maximum Gasteiger partial charge on any atom is 0.236 e. The van der Waals surface area contributed by atoms with Gasteiger partial charge >= 0.3 is 0 Å². The first-order valence-corrected chi connectivity index (χ1v) is 17.9. The van der Waals surface area contributed by atoms with E-state index < -0.39 is 0 Å². The average molecular weight is 678 g/mol. The molecule has 5 nitrogen and oxygen atoms in total. The quantitative estimate of drug-likeness (QED) is 0.182. The molecule has 0 N–H and O–H groups in total. The third kappa shape index (κ3) is 4.57. The molecule has 0 aliphatic rings. The van der Waals surface area contributed by atoms with Gasteiger partial charge in [-0.25, -0.2) is 4.98 Å². The van der Waals surface area contributed by atoms with Gasteiger partial charge in [-0.15, -0.1) is 0 Å². The van der Waals surface area contributed by atoms with Gasteiger partial charge in [-0.1, -0.05) is 127 Å². The number of hydrogen-bond acceptors (Lipinski definition) is 2. The van der Waals surface area contributed by atoms with E-state index in [1.165, 1.54) is 43.7 Å². The summed E-state index contributed by atoms with van der Waals surface area (Å²) >= 11 is 0. The zero-order valence-corrected chi connectivity index (χ0v) is 28.6. The van der Waals surface area contributed by atoms with Gasteiger partial charge in [0.25, 0.3) is 0 Å². The molecule has 0 saturated heterocycles. The fraction of sp³-hybridized carbons (Fsp3) is 0. The summed E-state index contributed by atoms with van der Waals surface area (Å²) < 4.78 is 6.74. The van der Waals surface area contributed by atoms with Crippen molar-refractivity contribution in [1.82, 2.24) is 23.5 Å². The predicted octanol–water partition coefficient (Wildman–Crippen LogP) is 11.9. The summed E-state index contributed by atoms with van der Waals surface area (Å²) in [6, 6.07) is 64.5. The topological polar surface area (TPSA) is 40.0 Å². The highest BCUT2D eigenvalue weighted by atomic mass is 15.2. The molecule has 0 bridgehead atoms. The highest BCUT2D eigenvalue weighted by Gasteiger charge is 2.20. The molecule has 53 heavy (non-hydrogen) atoms. The van der Waals surface area contributed by atoms with Crippen LogP contribution in [0.25, 0.3) is 94.5 Å². The molecule has 0 fully saturated rings. The first-order valence-electron chi connectivity index (χ1n) is 17.9. The molecule has 11 rings (SSSR count). The van der Waals surface area contributed by atoms with Crippen molar-refractivity contribution in [2.45, 2.75) is 0 Å². The first-order chi connectivity index (χ1) is 26.3. The molecule has 4 heterocycles. The Morgan fingerprint density at radius 2 is 0.868 bits per heavy atom. The molecule has 5 heteroatoms. The van der Waals surface area contributed by atoms with Gasteiger partial charge < -0.3 is 4.57 Å². The van der Waals surface area contributed by atoms with Crippen LogP contribution in [0.5, 0.6) is 0 Å². The number of benzene rings is 7. The van der Waals surface area contributed by atoms with Crippen molar-refractivity contribution in [3.63, 3.8) is 0 Å². The molecule has 0 atom stereocenters. The molecular formula is C48H31N5. The van der Waals surface area contributed by atoms with Gasteiger partial charge in [0.05, 0.1) is 33.5 Å². The molecule has 0 amide bonds. The summed E-state index contributed by atoms with van der Waals surface area (Å²) in [7, 11) is 0. The van der Waals surface area contributed by atoms with Crippen molar-refractivity contribution < 1.29 is 0 Å². The van der Waals surface area contributed by atoms with Gasteiger partial charge in [-0.05, 0) is 65.7 Å². The van der Waals surface area contributed by atoms with Crippen molar-refractivity contribution >= 4 is 49.4 Å². The lowest BCUT2D eigenvalue weighted by Gasteiger charge is -2.09. The number of fused-ring (bicyclic) bond motifs is 7. The lowest BCUT2D eigenvalue weighted by atomic mass is 10.0. The molecule has 4 aromatic heterocycles. The van der Waals surface area contributed by atoms with Gasteiger partial charge in [0, 0.05) is 44.6 Å². The van der Waals surface area contributed by atoms with E-state index in [1.807, 2.05) is 12.1 Å². The van der Waals surface area contributed by atoms with Crippen molar-refractivity contribution in [3.8, 4) is 45.1 Å². The van der Waals surface area contributed by atoms with Crippen LogP contribution in [-0.2, 0) is 0 Å². The third-order valence-electron chi connectivity index (χ3n) is 10.5. The Morgan fingerprint density at radius 3 is 1.51 bits per heavy atom. The highest BCUT2D eigenvalue weighted by molar-refractivity contribution is 6.12. The Hall–Kier alpha value is -7.24. The van der Waals surface area contributed by atoms with Crippen LogP contribution in [0.3, 0.4) is 0 Å². The normalized spacial score (nSPS) is 11.8. The Labute approximate surface area is 305 Å². The number of aromatic nitrogens is 5. The van der Waals surface area contributed by atoms with E-state index in [9.17, 15) is 0 Å². The fourth-order valence-corrected chi connectivity index (χ4v) is 8.12. The van der Waals surface area contributed by atoms with Gasteiger partial charge in [0.2, 0.25) is 5.78 Å². The Morgan fingerprint density at radius 1 is 0.358 bits per heavy atom. The fourth-order valence-electron chi connectivity index (χ4n) is 8.12. The zero-order chi connectivity index (χ0) is 34.9. The van der Waals surface area contributed by atoms with Gasteiger partial charge in [-0.3, -0.25) is 8.97 Å². The Bertz CT molecular complexity index is 3150. The van der Waals surface area contributed by atoms with Crippen LogP contribution < -0.4 is 0 Å². The molecule has 0 saturated carbocycles. The molecule has 11 aromatic rings.